The second-order valence-electron chi connectivity index (χ2n) is 4.04. The summed E-state index contributed by atoms with van der Waals surface area (Å²) in [5.41, 5.74) is 5.69. The van der Waals surface area contributed by atoms with E-state index in [4.69, 9.17) is 5.73 Å². The molecule has 1 aromatic heterocycles. The standard InChI is InChI=1S/C12H12BrFN2O2S2/c13-12-4-2-9(19-12)5-6-16-20(17,18)11-7-8(15)1-3-10(11)14/h1-4,7,16H,5-6,15H2. The van der Waals surface area contributed by atoms with Crippen molar-refractivity contribution in [2.45, 2.75) is 11.3 Å². The van der Waals surface area contributed by atoms with Gasteiger partial charge in [-0.2, -0.15) is 0 Å². The van der Waals surface area contributed by atoms with Gasteiger partial charge in [-0.15, -0.1) is 11.3 Å². The van der Waals surface area contributed by atoms with Crippen LogP contribution in [0.25, 0.3) is 0 Å². The van der Waals surface area contributed by atoms with Crippen molar-refractivity contribution in [1.82, 2.24) is 4.72 Å². The molecule has 0 fully saturated rings. The summed E-state index contributed by atoms with van der Waals surface area (Å²) in [6, 6.07) is 7.27. The van der Waals surface area contributed by atoms with Crippen molar-refractivity contribution in [3.05, 3.63) is 44.8 Å². The number of sulfonamides is 1. The molecule has 0 aliphatic heterocycles. The number of thiophene rings is 1. The Morgan fingerprint density at radius 1 is 1.30 bits per heavy atom. The van der Waals surface area contributed by atoms with Gasteiger partial charge in [-0.05, 0) is 52.7 Å². The molecule has 2 rings (SSSR count). The van der Waals surface area contributed by atoms with Crippen LogP contribution in [0.2, 0.25) is 0 Å². The molecule has 4 nitrogen and oxygen atoms in total. The minimum absolute atomic E-state index is 0.198. The number of benzene rings is 1. The van der Waals surface area contributed by atoms with Gasteiger partial charge < -0.3 is 5.73 Å². The van der Waals surface area contributed by atoms with Gasteiger partial charge in [0.05, 0.1) is 3.79 Å². The van der Waals surface area contributed by atoms with E-state index in [0.717, 1.165) is 20.8 Å². The highest BCUT2D eigenvalue weighted by atomic mass is 79.9. The molecule has 108 valence electrons. The number of anilines is 1. The average Bonchev–Trinajstić information content (AvgIpc) is 2.78. The number of nitrogens with two attached hydrogens (primary N) is 1. The molecule has 0 aliphatic rings. The zero-order valence-electron chi connectivity index (χ0n) is 10.3. The van der Waals surface area contributed by atoms with Gasteiger partial charge in [0.25, 0.3) is 0 Å². The van der Waals surface area contributed by atoms with Gasteiger partial charge in [0, 0.05) is 17.1 Å². The quantitative estimate of drug-likeness (QED) is 0.785. The monoisotopic (exact) mass is 378 g/mol. The maximum atomic E-state index is 13.5. The highest BCUT2D eigenvalue weighted by Crippen LogP contribution is 2.22. The number of nitrogens with one attached hydrogen (secondary N) is 1. The number of hydrogen-bond donors (Lipinski definition) is 2. The zero-order valence-corrected chi connectivity index (χ0v) is 13.5. The molecule has 0 aliphatic carbocycles. The van der Waals surface area contributed by atoms with Gasteiger partial charge in [0.2, 0.25) is 10.0 Å². The molecule has 0 amide bonds. The van der Waals surface area contributed by atoms with Crippen molar-refractivity contribution in [2.75, 3.05) is 12.3 Å². The Kier molecular flexibility index (Phi) is 4.79. The van der Waals surface area contributed by atoms with Crippen LogP contribution in [0.1, 0.15) is 4.88 Å². The molecule has 0 spiro atoms. The molecule has 3 N–H and O–H groups in total. The number of rotatable bonds is 5. The summed E-state index contributed by atoms with van der Waals surface area (Å²) >= 11 is 4.86. The van der Waals surface area contributed by atoms with E-state index in [1.54, 1.807) is 0 Å². The summed E-state index contributed by atoms with van der Waals surface area (Å²) in [5.74, 6) is -0.814. The minimum atomic E-state index is -3.89. The maximum absolute atomic E-state index is 13.5. The first kappa shape index (κ1) is 15.4. The summed E-state index contributed by atoms with van der Waals surface area (Å²) in [6.45, 7) is 0.198. The maximum Gasteiger partial charge on any atom is 0.243 e. The zero-order chi connectivity index (χ0) is 14.8. The SMILES string of the molecule is Nc1ccc(F)c(S(=O)(=O)NCCc2ccc(Br)s2)c1. The molecule has 0 bridgehead atoms. The van der Waals surface area contributed by atoms with Gasteiger partial charge in [-0.1, -0.05) is 0 Å². The molecule has 1 aromatic carbocycles. The summed E-state index contributed by atoms with van der Waals surface area (Å²) in [4.78, 5) is 0.609. The fourth-order valence-corrected chi connectivity index (χ4v) is 4.22. The Morgan fingerprint density at radius 2 is 2.05 bits per heavy atom. The summed E-state index contributed by atoms with van der Waals surface area (Å²) in [6.07, 6.45) is 0.541. The van der Waals surface area contributed by atoms with Crippen LogP contribution in [-0.2, 0) is 16.4 Å². The normalized spacial score (nSPS) is 11.7. The number of nitrogen functional groups attached to an aromatic ring is 1. The van der Waals surface area contributed by atoms with Crippen molar-refractivity contribution in [3.63, 3.8) is 0 Å². The van der Waals surface area contributed by atoms with Crippen molar-refractivity contribution >= 4 is 43.0 Å². The molecular formula is C12H12BrFN2O2S2. The van der Waals surface area contributed by atoms with Gasteiger partial charge in [-0.3, -0.25) is 0 Å². The average molecular weight is 379 g/mol. The van der Waals surface area contributed by atoms with Crippen molar-refractivity contribution < 1.29 is 12.8 Å². The molecule has 0 radical (unpaired) electrons. The van der Waals surface area contributed by atoms with E-state index in [2.05, 4.69) is 20.7 Å². The largest absolute Gasteiger partial charge is 0.399 e. The van der Waals surface area contributed by atoms with E-state index < -0.39 is 20.7 Å². The summed E-state index contributed by atoms with van der Waals surface area (Å²) < 4.78 is 40.9. The Hall–Kier alpha value is -0.960. The van der Waals surface area contributed by atoms with Gasteiger partial charge in [0.15, 0.2) is 0 Å². The van der Waals surface area contributed by atoms with Gasteiger partial charge >= 0.3 is 0 Å². The van der Waals surface area contributed by atoms with Crippen LogP contribution in [0.3, 0.4) is 0 Å². The van der Waals surface area contributed by atoms with Crippen LogP contribution >= 0.6 is 27.3 Å². The Bertz CT molecular complexity index is 716. The first-order valence-electron chi connectivity index (χ1n) is 5.67. The lowest BCUT2D eigenvalue weighted by molar-refractivity contribution is 0.557. The smallest absolute Gasteiger partial charge is 0.243 e. The molecule has 2 aromatic rings. The first-order chi connectivity index (χ1) is 9.38. The number of hydrogen-bond acceptors (Lipinski definition) is 4. The second kappa shape index (κ2) is 6.21. The van der Waals surface area contributed by atoms with E-state index in [0.29, 0.717) is 6.42 Å². The van der Waals surface area contributed by atoms with Crippen LogP contribution in [0.15, 0.2) is 39.0 Å². The van der Waals surface area contributed by atoms with Gasteiger partial charge in [-0.25, -0.2) is 17.5 Å². The molecular weight excluding hydrogens is 367 g/mol. The fourth-order valence-electron chi connectivity index (χ4n) is 1.60. The van der Waals surface area contributed by atoms with E-state index in [1.165, 1.54) is 17.4 Å². The lowest BCUT2D eigenvalue weighted by atomic mass is 10.3. The lowest BCUT2D eigenvalue weighted by Crippen LogP contribution is -2.26. The highest BCUT2D eigenvalue weighted by Gasteiger charge is 2.18. The van der Waals surface area contributed by atoms with Crippen molar-refractivity contribution in [2.24, 2.45) is 0 Å². The third-order valence-corrected chi connectivity index (χ3v) is 5.70. The van der Waals surface area contributed by atoms with Crippen LogP contribution in [0.5, 0.6) is 0 Å². The third-order valence-electron chi connectivity index (χ3n) is 2.54. The van der Waals surface area contributed by atoms with Crippen LogP contribution in [0.4, 0.5) is 10.1 Å². The predicted molar refractivity (Wildman–Crippen MR) is 81.7 cm³/mol. The molecule has 0 atom stereocenters. The Balaban J connectivity index is 2.06. The van der Waals surface area contributed by atoms with Crippen LogP contribution in [0, 0.1) is 5.82 Å². The van der Waals surface area contributed by atoms with E-state index >= 15 is 0 Å². The van der Waals surface area contributed by atoms with E-state index in [-0.39, 0.29) is 12.2 Å². The topological polar surface area (TPSA) is 72.2 Å². The predicted octanol–water partition coefficient (Wildman–Crippen LogP) is 2.75. The van der Waals surface area contributed by atoms with Gasteiger partial charge in [0.1, 0.15) is 10.7 Å². The Labute approximate surface area is 129 Å². The molecule has 8 heteroatoms. The molecule has 0 saturated heterocycles. The third kappa shape index (κ3) is 3.78. The summed E-state index contributed by atoms with van der Waals surface area (Å²) in [5, 5.41) is 0. The second-order valence-corrected chi connectivity index (χ2v) is 8.33. The molecule has 20 heavy (non-hydrogen) atoms. The summed E-state index contributed by atoms with van der Waals surface area (Å²) in [7, 11) is -3.89. The van der Waals surface area contributed by atoms with Crippen LogP contribution in [-0.4, -0.2) is 15.0 Å². The fraction of sp³-hybridized carbons (Fsp3) is 0.167. The van der Waals surface area contributed by atoms with E-state index in [9.17, 15) is 12.8 Å². The lowest BCUT2D eigenvalue weighted by Gasteiger charge is -2.07. The van der Waals surface area contributed by atoms with E-state index in [1.807, 2.05) is 12.1 Å². The van der Waals surface area contributed by atoms with Crippen molar-refractivity contribution in [1.29, 1.82) is 0 Å². The molecule has 0 unspecified atom stereocenters. The van der Waals surface area contributed by atoms with Crippen molar-refractivity contribution in [3.8, 4) is 0 Å². The number of halogens is 2. The first-order valence-corrected chi connectivity index (χ1v) is 8.76. The minimum Gasteiger partial charge on any atom is -0.399 e. The molecule has 1 heterocycles. The highest BCUT2D eigenvalue weighted by molar-refractivity contribution is 9.11. The Morgan fingerprint density at radius 3 is 2.70 bits per heavy atom. The molecule has 0 saturated carbocycles. The van der Waals surface area contributed by atoms with Crippen LogP contribution < -0.4 is 10.5 Å².